The molecule has 0 saturated carbocycles. The third kappa shape index (κ3) is 3.83. The van der Waals surface area contributed by atoms with E-state index < -0.39 is 5.60 Å². The van der Waals surface area contributed by atoms with E-state index in [1.165, 1.54) is 0 Å². The van der Waals surface area contributed by atoms with Crippen molar-refractivity contribution in [3.05, 3.63) is 28.4 Å². The van der Waals surface area contributed by atoms with Gasteiger partial charge in [0.05, 0.1) is 6.04 Å². The second-order valence-electron chi connectivity index (χ2n) is 6.45. The van der Waals surface area contributed by atoms with E-state index in [2.05, 4.69) is 4.98 Å². The number of rotatable bonds is 1. The molecule has 2 heterocycles. The molecule has 0 N–H and O–H groups in total. The molecule has 0 bridgehead atoms. The van der Waals surface area contributed by atoms with Crippen molar-refractivity contribution in [1.29, 1.82) is 0 Å². The van der Waals surface area contributed by atoms with Gasteiger partial charge in [-0.05, 0) is 40.5 Å². The normalized spacial score (nSPS) is 19.4. The smallest absolute Gasteiger partial charge is 0.410 e. The molecular formula is C15H23N3O3. The van der Waals surface area contributed by atoms with Crippen molar-refractivity contribution in [2.45, 2.75) is 52.2 Å². The summed E-state index contributed by atoms with van der Waals surface area (Å²) in [5.74, 6) is 0. The molecule has 0 radical (unpaired) electrons. The molecule has 0 aromatic carbocycles. The molecule has 21 heavy (non-hydrogen) atoms. The highest BCUT2D eigenvalue weighted by atomic mass is 16.6. The van der Waals surface area contributed by atoms with Gasteiger partial charge in [0.15, 0.2) is 0 Å². The van der Waals surface area contributed by atoms with Crippen LogP contribution in [0.3, 0.4) is 0 Å². The van der Waals surface area contributed by atoms with Crippen LogP contribution in [0.15, 0.2) is 17.2 Å². The lowest BCUT2D eigenvalue weighted by atomic mass is 10.1. The highest BCUT2D eigenvalue weighted by Gasteiger charge is 2.28. The summed E-state index contributed by atoms with van der Waals surface area (Å²) in [6, 6.07) is -0.0135. The van der Waals surface area contributed by atoms with E-state index in [9.17, 15) is 9.59 Å². The van der Waals surface area contributed by atoms with E-state index >= 15 is 0 Å². The van der Waals surface area contributed by atoms with Gasteiger partial charge >= 0.3 is 6.09 Å². The SMILES string of the molecule is Cc1nccn([C@@H]2CCCN(C(=O)OC(C)(C)C)C2)c1=O. The third-order valence-electron chi connectivity index (χ3n) is 3.48. The van der Waals surface area contributed by atoms with E-state index in [0.717, 1.165) is 12.8 Å². The summed E-state index contributed by atoms with van der Waals surface area (Å²) in [5, 5.41) is 0. The van der Waals surface area contributed by atoms with E-state index in [1.807, 2.05) is 20.8 Å². The summed E-state index contributed by atoms with van der Waals surface area (Å²) in [6.45, 7) is 8.42. The number of carbonyl (C=O) groups is 1. The van der Waals surface area contributed by atoms with E-state index in [1.54, 1.807) is 28.8 Å². The number of nitrogens with zero attached hydrogens (tertiary/aromatic N) is 3. The molecule has 1 fully saturated rings. The molecule has 1 atom stereocenters. The van der Waals surface area contributed by atoms with Crippen LogP contribution in [0, 0.1) is 6.92 Å². The van der Waals surface area contributed by atoms with Crippen LogP contribution < -0.4 is 5.56 Å². The van der Waals surface area contributed by atoms with Crippen molar-refractivity contribution in [3.8, 4) is 0 Å². The molecule has 1 aromatic rings. The Labute approximate surface area is 124 Å². The zero-order valence-corrected chi connectivity index (χ0v) is 13.1. The van der Waals surface area contributed by atoms with Gasteiger partial charge < -0.3 is 14.2 Å². The summed E-state index contributed by atoms with van der Waals surface area (Å²) < 4.78 is 7.08. The first kappa shape index (κ1) is 15.5. The Morgan fingerprint density at radius 1 is 1.43 bits per heavy atom. The molecule has 1 amide bonds. The first-order chi connectivity index (χ1) is 9.78. The maximum atomic E-state index is 12.1. The van der Waals surface area contributed by atoms with Crippen LogP contribution in [0.1, 0.15) is 45.3 Å². The second kappa shape index (κ2) is 5.87. The zero-order valence-electron chi connectivity index (χ0n) is 13.1. The quantitative estimate of drug-likeness (QED) is 0.795. The van der Waals surface area contributed by atoms with Crippen molar-refractivity contribution >= 4 is 6.09 Å². The second-order valence-corrected chi connectivity index (χ2v) is 6.45. The van der Waals surface area contributed by atoms with Crippen molar-refractivity contribution in [2.24, 2.45) is 0 Å². The summed E-state index contributed by atoms with van der Waals surface area (Å²) in [5.41, 5.74) is -0.117. The Morgan fingerprint density at radius 3 is 2.81 bits per heavy atom. The number of carbonyl (C=O) groups excluding carboxylic acids is 1. The number of hydrogen-bond donors (Lipinski definition) is 0. The molecule has 0 aliphatic carbocycles. The maximum Gasteiger partial charge on any atom is 0.410 e. The van der Waals surface area contributed by atoms with Gasteiger partial charge in [0.25, 0.3) is 5.56 Å². The fraction of sp³-hybridized carbons (Fsp3) is 0.667. The number of ether oxygens (including phenoxy) is 1. The molecule has 1 saturated heterocycles. The highest BCUT2D eigenvalue weighted by molar-refractivity contribution is 5.68. The van der Waals surface area contributed by atoms with Crippen molar-refractivity contribution < 1.29 is 9.53 Å². The van der Waals surface area contributed by atoms with Crippen LogP contribution in [0.4, 0.5) is 4.79 Å². The Balaban J connectivity index is 2.12. The topological polar surface area (TPSA) is 64.4 Å². The monoisotopic (exact) mass is 293 g/mol. The Hall–Kier alpha value is -1.85. The minimum absolute atomic E-state index is 0.0135. The van der Waals surface area contributed by atoms with Gasteiger partial charge in [-0.15, -0.1) is 0 Å². The van der Waals surface area contributed by atoms with Gasteiger partial charge in [-0.3, -0.25) is 9.78 Å². The first-order valence-corrected chi connectivity index (χ1v) is 7.29. The van der Waals surface area contributed by atoms with Crippen LogP contribution in [-0.2, 0) is 4.74 Å². The summed E-state index contributed by atoms with van der Waals surface area (Å²) in [7, 11) is 0. The van der Waals surface area contributed by atoms with Gasteiger partial charge in [-0.2, -0.15) is 0 Å². The minimum Gasteiger partial charge on any atom is -0.444 e. The lowest BCUT2D eigenvalue weighted by Gasteiger charge is -2.34. The summed E-state index contributed by atoms with van der Waals surface area (Å²) >= 11 is 0. The number of piperidine rings is 1. The van der Waals surface area contributed by atoms with Gasteiger partial charge in [0.1, 0.15) is 11.3 Å². The van der Waals surface area contributed by atoms with Crippen LogP contribution in [0.2, 0.25) is 0 Å². The summed E-state index contributed by atoms with van der Waals surface area (Å²) in [6.07, 6.45) is 4.74. The molecule has 1 aliphatic heterocycles. The lowest BCUT2D eigenvalue weighted by Crippen LogP contribution is -2.45. The molecule has 0 spiro atoms. The summed E-state index contributed by atoms with van der Waals surface area (Å²) in [4.78, 5) is 30.0. The van der Waals surface area contributed by atoms with Crippen LogP contribution in [-0.4, -0.2) is 39.2 Å². The number of aryl methyl sites for hydroxylation is 1. The minimum atomic E-state index is -0.506. The molecular weight excluding hydrogens is 270 g/mol. The number of hydrogen-bond acceptors (Lipinski definition) is 4. The molecule has 1 aliphatic rings. The average Bonchev–Trinajstić information content (AvgIpc) is 2.40. The van der Waals surface area contributed by atoms with E-state index in [0.29, 0.717) is 18.8 Å². The van der Waals surface area contributed by atoms with Crippen molar-refractivity contribution in [1.82, 2.24) is 14.5 Å². The van der Waals surface area contributed by atoms with Gasteiger partial charge in [0, 0.05) is 25.5 Å². The maximum absolute atomic E-state index is 12.1. The Bertz CT molecular complexity index is 574. The van der Waals surface area contributed by atoms with Crippen molar-refractivity contribution in [3.63, 3.8) is 0 Å². The standard InChI is InChI=1S/C15H23N3O3/c1-11-13(19)18(9-7-16-11)12-6-5-8-17(10-12)14(20)21-15(2,3)4/h7,9,12H,5-6,8,10H2,1-4H3/t12-/m1/s1. The molecule has 0 unspecified atom stereocenters. The van der Waals surface area contributed by atoms with Crippen LogP contribution in [0.5, 0.6) is 0 Å². The van der Waals surface area contributed by atoms with Crippen molar-refractivity contribution in [2.75, 3.05) is 13.1 Å². The molecule has 2 rings (SSSR count). The number of likely N-dealkylation sites (tertiary alicyclic amines) is 1. The lowest BCUT2D eigenvalue weighted by molar-refractivity contribution is 0.0171. The van der Waals surface area contributed by atoms with E-state index in [4.69, 9.17) is 4.74 Å². The van der Waals surface area contributed by atoms with Gasteiger partial charge in [0.2, 0.25) is 0 Å². The fourth-order valence-electron chi connectivity index (χ4n) is 2.49. The Morgan fingerprint density at radius 2 is 2.14 bits per heavy atom. The van der Waals surface area contributed by atoms with E-state index in [-0.39, 0.29) is 17.7 Å². The predicted octanol–water partition coefficient (Wildman–Crippen LogP) is 2.12. The highest BCUT2D eigenvalue weighted by Crippen LogP contribution is 2.22. The molecule has 116 valence electrons. The van der Waals surface area contributed by atoms with Gasteiger partial charge in [-0.25, -0.2) is 4.79 Å². The molecule has 1 aromatic heterocycles. The third-order valence-corrected chi connectivity index (χ3v) is 3.48. The number of amides is 1. The van der Waals surface area contributed by atoms with Gasteiger partial charge in [-0.1, -0.05) is 0 Å². The van der Waals surface area contributed by atoms with Crippen LogP contribution >= 0.6 is 0 Å². The molecule has 6 heteroatoms. The predicted molar refractivity (Wildman–Crippen MR) is 79.3 cm³/mol. The zero-order chi connectivity index (χ0) is 15.6. The number of aromatic nitrogens is 2. The van der Waals surface area contributed by atoms with Crippen LogP contribution in [0.25, 0.3) is 0 Å². The Kier molecular flexibility index (Phi) is 4.34. The molecule has 6 nitrogen and oxygen atoms in total. The largest absolute Gasteiger partial charge is 0.444 e. The average molecular weight is 293 g/mol. The fourth-order valence-corrected chi connectivity index (χ4v) is 2.49. The first-order valence-electron chi connectivity index (χ1n) is 7.29.